The van der Waals surface area contributed by atoms with Crippen molar-refractivity contribution in [3.05, 3.63) is 11.7 Å². The van der Waals surface area contributed by atoms with Crippen molar-refractivity contribution in [3.8, 4) is 0 Å². The van der Waals surface area contributed by atoms with Gasteiger partial charge in [0.15, 0.2) is 5.82 Å². The second kappa shape index (κ2) is 6.44. The molecule has 1 spiro atoms. The minimum Gasteiger partial charge on any atom is -0.339 e. The van der Waals surface area contributed by atoms with E-state index in [1.165, 1.54) is 10.6 Å². The molecule has 10 heteroatoms. The van der Waals surface area contributed by atoms with Gasteiger partial charge in [-0.2, -0.15) is 4.98 Å². The van der Waals surface area contributed by atoms with Gasteiger partial charge >= 0.3 is 6.03 Å². The molecule has 0 aromatic carbocycles. The Morgan fingerprint density at radius 2 is 2.04 bits per heavy atom. The second-order valence-corrected chi connectivity index (χ2v) is 10.7. The summed E-state index contributed by atoms with van der Waals surface area (Å²) >= 11 is 0. The van der Waals surface area contributed by atoms with Crippen LogP contribution >= 0.6 is 0 Å². The van der Waals surface area contributed by atoms with Crippen molar-refractivity contribution in [2.75, 3.05) is 39.0 Å². The number of nitrogens with zero attached hydrogens (tertiary/aromatic N) is 4. The standard InChI is InChI=1S/C17H27N5O4S/c1-11(2)6-18-16(23)21-8-17(9-21)10-22(27(3,24)25)7-13(17)15-19-14(20-26-15)12-4-5-12/h11-13H,4-10H2,1-3H3,(H,18,23). The van der Waals surface area contributed by atoms with Crippen LogP contribution in [0.1, 0.15) is 50.2 Å². The molecular formula is C17H27N5O4S. The van der Waals surface area contributed by atoms with Crippen molar-refractivity contribution < 1.29 is 17.7 Å². The van der Waals surface area contributed by atoms with E-state index < -0.39 is 10.0 Å². The molecule has 1 atom stereocenters. The number of hydrogen-bond acceptors (Lipinski definition) is 6. The third-order valence-corrected chi connectivity index (χ3v) is 6.96. The highest BCUT2D eigenvalue weighted by molar-refractivity contribution is 7.88. The molecule has 1 aromatic heterocycles. The fraction of sp³-hybridized carbons (Fsp3) is 0.824. The van der Waals surface area contributed by atoms with Gasteiger partial charge in [0.05, 0.1) is 12.2 Å². The molecule has 1 saturated carbocycles. The van der Waals surface area contributed by atoms with Crippen molar-refractivity contribution in [2.24, 2.45) is 11.3 Å². The van der Waals surface area contributed by atoms with Gasteiger partial charge in [-0.25, -0.2) is 17.5 Å². The lowest BCUT2D eigenvalue weighted by Gasteiger charge is -2.49. The first-order valence-electron chi connectivity index (χ1n) is 9.49. The Balaban J connectivity index is 1.51. The number of carbonyl (C=O) groups excluding carboxylic acids is 1. The molecule has 9 nitrogen and oxygen atoms in total. The summed E-state index contributed by atoms with van der Waals surface area (Å²) in [4.78, 5) is 18.6. The summed E-state index contributed by atoms with van der Waals surface area (Å²) in [5.74, 6) is 1.81. The maximum Gasteiger partial charge on any atom is 0.317 e. The average Bonchev–Trinajstić information content (AvgIpc) is 3.13. The Bertz CT molecular complexity index is 826. The Hall–Kier alpha value is -1.68. The van der Waals surface area contributed by atoms with Gasteiger partial charge in [0.25, 0.3) is 0 Å². The van der Waals surface area contributed by atoms with E-state index in [-0.39, 0.29) is 17.4 Å². The van der Waals surface area contributed by atoms with E-state index in [9.17, 15) is 13.2 Å². The molecule has 2 saturated heterocycles. The van der Waals surface area contributed by atoms with Gasteiger partial charge in [-0.05, 0) is 18.8 Å². The molecule has 3 fully saturated rings. The Labute approximate surface area is 159 Å². The monoisotopic (exact) mass is 397 g/mol. The van der Waals surface area contributed by atoms with Gasteiger partial charge in [0.1, 0.15) is 0 Å². The number of carbonyl (C=O) groups is 1. The number of sulfonamides is 1. The van der Waals surface area contributed by atoms with Gasteiger partial charge in [0.2, 0.25) is 15.9 Å². The summed E-state index contributed by atoms with van der Waals surface area (Å²) in [6.07, 6.45) is 3.38. The van der Waals surface area contributed by atoms with Crippen molar-refractivity contribution in [2.45, 2.75) is 38.5 Å². The number of urea groups is 1. The van der Waals surface area contributed by atoms with Crippen molar-refractivity contribution in [1.29, 1.82) is 0 Å². The fourth-order valence-corrected chi connectivity index (χ4v) is 4.90. The number of nitrogens with one attached hydrogen (secondary N) is 1. The normalized spacial score (nSPS) is 25.2. The van der Waals surface area contributed by atoms with Gasteiger partial charge in [0, 0.05) is 44.1 Å². The molecular weight excluding hydrogens is 370 g/mol. The Morgan fingerprint density at radius 3 is 2.63 bits per heavy atom. The SMILES string of the molecule is CC(C)CNC(=O)N1CC2(C1)CN(S(C)(=O)=O)CC2c1nc(C2CC2)no1. The van der Waals surface area contributed by atoms with Crippen LogP contribution in [-0.2, 0) is 10.0 Å². The van der Waals surface area contributed by atoms with Gasteiger partial charge in [-0.3, -0.25) is 0 Å². The molecule has 1 aromatic rings. The maximum atomic E-state index is 12.3. The third-order valence-electron chi connectivity index (χ3n) is 5.74. The molecule has 4 rings (SSSR count). The fourth-order valence-electron chi connectivity index (χ4n) is 3.99. The quantitative estimate of drug-likeness (QED) is 0.793. The van der Waals surface area contributed by atoms with Gasteiger partial charge < -0.3 is 14.7 Å². The van der Waals surface area contributed by atoms with Gasteiger partial charge in [-0.15, -0.1) is 0 Å². The zero-order valence-electron chi connectivity index (χ0n) is 16.0. The van der Waals surface area contributed by atoms with Crippen LogP contribution in [0.25, 0.3) is 0 Å². The van der Waals surface area contributed by atoms with Crippen LogP contribution in [0.4, 0.5) is 4.79 Å². The Kier molecular flexibility index (Phi) is 4.45. The molecule has 2 amide bonds. The molecule has 27 heavy (non-hydrogen) atoms. The summed E-state index contributed by atoms with van der Waals surface area (Å²) in [5, 5.41) is 7.01. The first kappa shape index (κ1) is 18.7. The number of hydrogen-bond donors (Lipinski definition) is 1. The van der Waals surface area contributed by atoms with Gasteiger partial charge in [-0.1, -0.05) is 19.0 Å². The average molecular weight is 398 g/mol. The van der Waals surface area contributed by atoms with E-state index in [1.54, 1.807) is 4.90 Å². The van der Waals surface area contributed by atoms with E-state index in [0.29, 0.717) is 50.5 Å². The topological polar surface area (TPSA) is 109 Å². The molecule has 1 N–H and O–H groups in total. The number of rotatable bonds is 5. The van der Waals surface area contributed by atoms with Crippen LogP contribution in [0.5, 0.6) is 0 Å². The zero-order chi connectivity index (χ0) is 19.4. The van der Waals surface area contributed by atoms with Crippen molar-refractivity contribution >= 4 is 16.1 Å². The number of aromatic nitrogens is 2. The predicted octanol–water partition coefficient (Wildman–Crippen LogP) is 0.973. The van der Waals surface area contributed by atoms with E-state index >= 15 is 0 Å². The highest BCUT2D eigenvalue weighted by Crippen LogP contribution is 2.50. The summed E-state index contributed by atoms with van der Waals surface area (Å²) in [6.45, 7) is 6.40. The van der Waals surface area contributed by atoms with E-state index in [4.69, 9.17) is 4.52 Å². The number of amides is 2. The highest BCUT2D eigenvalue weighted by Gasteiger charge is 2.59. The smallest absolute Gasteiger partial charge is 0.317 e. The minimum atomic E-state index is -3.32. The summed E-state index contributed by atoms with van der Waals surface area (Å²) < 4.78 is 31.2. The van der Waals surface area contributed by atoms with E-state index in [1.807, 2.05) is 13.8 Å². The maximum absolute atomic E-state index is 12.3. The van der Waals surface area contributed by atoms with Crippen molar-refractivity contribution in [1.82, 2.24) is 24.7 Å². The summed E-state index contributed by atoms with van der Waals surface area (Å²) in [5.41, 5.74) is -0.356. The molecule has 0 radical (unpaired) electrons. The van der Waals surface area contributed by atoms with Crippen molar-refractivity contribution in [3.63, 3.8) is 0 Å². The molecule has 2 aliphatic heterocycles. The third kappa shape index (κ3) is 3.56. The lowest BCUT2D eigenvalue weighted by atomic mass is 9.71. The Morgan fingerprint density at radius 1 is 1.33 bits per heavy atom. The van der Waals surface area contributed by atoms with Crippen LogP contribution in [-0.4, -0.2) is 72.8 Å². The first-order chi connectivity index (χ1) is 12.7. The van der Waals surface area contributed by atoms with Crippen LogP contribution in [0, 0.1) is 11.3 Å². The van der Waals surface area contributed by atoms with E-state index in [2.05, 4.69) is 15.5 Å². The predicted molar refractivity (Wildman–Crippen MR) is 97.7 cm³/mol. The largest absolute Gasteiger partial charge is 0.339 e. The van der Waals surface area contributed by atoms with Crippen LogP contribution in [0.3, 0.4) is 0 Å². The molecule has 1 aliphatic carbocycles. The molecule has 0 bridgehead atoms. The first-order valence-corrected chi connectivity index (χ1v) is 11.3. The molecule has 1 unspecified atom stereocenters. The van der Waals surface area contributed by atoms with Crippen LogP contribution < -0.4 is 5.32 Å². The zero-order valence-corrected chi connectivity index (χ0v) is 16.8. The molecule has 3 aliphatic rings. The van der Waals surface area contributed by atoms with Crippen LogP contribution in [0.2, 0.25) is 0 Å². The number of likely N-dealkylation sites (tertiary alicyclic amines) is 1. The summed E-state index contributed by atoms with van der Waals surface area (Å²) in [6, 6.07) is -0.102. The lowest BCUT2D eigenvalue weighted by molar-refractivity contribution is 0.0239. The minimum absolute atomic E-state index is 0.102. The summed E-state index contributed by atoms with van der Waals surface area (Å²) in [7, 11) is -3.32. The van der Waals surface area contributed by atoms with Crippen LogP contribution in [0.15, 0.2) is 4.52 Å². The second-order valence-electron chi connectivity index (χ2n) is 8.67. The molecule has 150 valence electrons. The van der Waals surface area contributed by atoms with E-state index in [0.717, 1.165) is 18.7 Å². The molecule has 3 heterocycles. The highest BCUT2D eigenvalue weighted by atomic mass is 32.2. The lowest BCUT2D eigenvalue weighted by Crippen LogP contribution is -2.63.